The predicted octanol–water partition coefficient (Wildman–Crippen LogP) is 2.60. The smallest absolute Gasteiger partial charge is 0.336 e. The number of hydrogen-bond donors (Lipinski definition) is 4. The number of aromatic carboxylic acids is 4. The minimum absolute atomic E-state index is 0.0231. The molecular formula is C20H12N2O8. The lowest BCUT2D eigenvalue weighted by molar-refractivity contribution is 0.0681. The summed E-state index contributed by atoms with van der Waals surface area (Å²) >= 11 is 0. The summed E-state index contributed by atoms with van der Waals surface area (Å²) in [4.78, 5) is 53.8. The molecule has 0 aliphatic carbocycles. The SMILES string of the molecule is O=C(O)c1ccc(C(=O)O)c(-c2cncc(-c3cc(C(=O)O)ccc3C(=O)O)n2)c1. The van der Waals surface area contributed by atoms with Crippen molar-refractivity contribution in [1.82, 2.24) is 9.97 Å². The molecule has 0 saturated carbocycles. The van der Waals surface area contributed by atoms with E-state index in [9.17, 15) is 39.6 Å². The van der Waals surface area contributed by atoms with Crippen molar-refractivity contribution in [3.63, 3.8) is 0 Å². The first-order valence-corrected chi connectivity index (χ1v) is 8.23. The first-order chi connectivity index (χ1) is 14.2. The average Bonchev–Trinajstić information content (AvgIpc) is 2.72. The summed E-state index contributed by atoms with van der Waals surface area (Å²) in [6.07, 6.45) is 2.39. The Morgan fingerprint density at radius 1 is 0.600 bits per heavy atom. The largest absolute Gasteiger partial charge is 0.478 e. The van der Waals surface area contributed by atoms with Crippen molar-refractivity contribution in [3.8, 4) is 22.5 Å². The molecule has 0 unspecified atom stereocenters. The summed E-state index contributed by atoms with van der Waals surface area (Å²) in [6.45, 7) is 0. The van der Waals surface area contributed by atoms with Crippen LogP contribution in [0.5, 0.6) is 0 Å². The first kappa shape index (κ1) is 20.1. The average molecular weight is 408 g/mol. The molecule has 0 aliphatic heterocycles. The Balaban J connectivity index is 2.24. The van der Waals surface area contributed by atoms with Crippen molar-refractivity contribution < 1.29 is 39.6 Å². The van der Waals surface area contributed by atoms with Crippen LogP contribution in [0.2, 0.25) is 0 Å². The second kappa shape index (κ2) is 7.80. The van der Waals surface area contributed by atoms with Crippen LogP contribution < -0.4 is 0 Å². The highest BCUT2D eigenvalue weighted by molar-refractivity contribution is 6.00. The third-order valence-electron chi connectivity index (χ3n) is 4.18. The van der Waals surface area contributed by atoms with E-state index in [1.165, 1.54) is 12.4 Å². The van der Waals surface area contributed by atoms with Crippen LogP contribution in [0.1, 0.15) is 41.4 Å². The molecule has 0 saturated heterocycles. The van der Waals surface area contributed by atoms with Crippen LogP contribution in [0.25, 0.3) is 22.5 Å². The molecule has 0 aliphatic rings. The number of carboxylic acid groups (broad SMARTS) is 4. The molecular weight excluding hydrogens is 396 g/mol. The Hall–Kier alpha value is -4.60. The normalized spacial score (nSPS) is 10.4. The monoisotopic (exact) mass is 408 g/mol. The maximum atomic E-state index is 11.6. The lowest BCUT2D eigenvalue weighted by Crippen LogP contribution is -2.06. The molecule has 0 bridgehead atoms. The number of aromatic nitrogens is 2. The summed E-state index contributed by atoms with van der Waals surface area (Å²) in [6, 6.07) is 6.72. The molecule has 1 aromatic heterocycles. The molecule has 10 nitrogen and oxygen atoms in total. The molecule has 0 radical (unpaired) electrons. The van der Waals surface area contributed by atoms with Crippen LogP contribution in [0.3, 0.4) is 0 Å². The summed E-state index contributed by atoms with van der Waals surface area (Å²) in [5, 5.41) is 37.2. The van der Waals surface area contributed by atoms with Gasteiger partial charge in [-0.1, -0.05) is 0 Å². The minimum atomic E-state index is -1.33. The zero-order chi connectivity index (χ0) is 22.0. The molecule has 0 fully saturated rings. The van der Waals surface area contributed by atoms with Crippen molar-refractivity contribution in [3.05, 3.63) is 71.0 Å². The van der Waals surface area contributed by atoms with E-state index in [0.29, 0.717) is 0 Å². The van der Waals surface area contributed by atoms with E-state index in [1.807, 2.05) is 0 Å². The van der Waals surface area contributed by atoms with E-state index >= 15 is 0 Å². The molecule has 30 heavy (non-hydrogen) atoms. The van der Waals surface area contributed by atoms with Gasteiger partial charge < -0.3 is 20.4 Å². The fraction of sp³-hybridized carbons (Fsp3) is 0. The fourth-order valence-electron chi connectivity index (χ4n) is 2.78. The lowest BCUT2D eigenvalue weighted by atomic mass is 9.99. The van der Waals surface area contributed by atoms with Crippen molar-refractivity contribution in [1.29, 1.82) is 0 Å². The zero-order valence-corrected chi connectivity index (χ0v) is 14.9. The van der Waals surface area contributed by atoms with Crippen molar-refractivity contribution in [2.45, 2.75) is 0 Å². The van der Waals surface area contributed by atoms with Crippen LogP contribution in [0.4, 0.5) is 0 Å². The highest BCUT2D eigenvalue weighted by Crippen LogP contribution is 2.28. The van der Waals surface area contributed by atoms with Crippen LogP contribution in [-0.2, 0) is 0 Å². The van der Waals surface area contributed by atoms with Gasteiger partial charge in [0.25, 0.3) is 0 Å². The molecule has 3 aromatic rings. The van der Waals surface area contributed by atoms with Gasteiger partial charge in [0.2, 0.25) is 0 Å². The van der Waals surface area contributed by atoms with Crippen LogP contribution in [0.15, 0.2) is 48.8 Å². The van der Waals surface area contributed by atoms with Crippen molar-refractivity contribution >= 4 is 23.9 Å². The Labute approximate surface area is 167 Å². The molecule has 2 aromatic carbocycles. The second-order valence-electron chi connectivity index (χ2n) is 6.03. The number of nitrogens with zero attached hydrogens (tertiary/aromatic N) is 2. The zero-order valence-electron chi connectivity index (χ0n) is 14.9. The summed E-state index contributed by atoms with van der Waals surface area (Å²) < 4.78 is 0. The van der Waals surface area contributed by atoms with Crippen LogP contribution in [-0.4, -0.2) is 54.3 Å². The molecule has 0 atom stereocenters. The quantitative estimate of drug-likeness (QED) is 0.474. The molecule has 4 N–H and O–H groups in total. The van der Waals surface area contributed by atoms with Gasteiger partial charge in [0.1, 0.15) is 0 Å². The molecule has 1 heterocycles. The van der Waals surface area contributed by atoms with Crippen LogP contribution in [0, 0.1) is 0 Å². The maximum Gasteiger partial charge on any atom is 0.336 e. The van der Waals surface area contributed by atoms with E-state index in [0.717, 1.165) is 36.4 Å². The Morgan fingerprint density at radius 2 is 1.00 bits per heavy atom. The second-order valence-corrected chi connectivity index (χ2v) is 6.03. The molecule has 150 valence electrons. The fourth-order valence-corrected chi connectivity index (χ4v) is 2.78. The van der Waals surface area contributed by atoms with Gasteiger partial charge in [-0.25, -0.2) is 24.2 Å². The Morgan fingerprint density at radius 3 is 1.33 bits per heavy atom. The first-order valence-electron chi connectivity index (χ1n) is 8.23. The maximum absolute atomic E-state index is 11.6. The van der Waals surface area contributed by atoms with Gasteiger partial charge in [0.15, 0.2) is 0 Å². The highest BCUT2D eigenvalue weighted by atomic mass is 16.4. The number of hydrogen-bond acceptors (Lipinski definition) is 6. The van der Waals surface area contributed by atoms with Crippen molar-refractivity contribution in [2.24, 2.45) is 0 Å². The van der Waals surface area contributed by atoms with Gasteiger partial charge in [-0.3, -0.25) is 4.98 Å². The van der Waals surface area contributed by atoms with Gasteiger partial charge in [0, 0.05) is 11.1 Å². The molecule has 10 heteroatoms. The van der Waals surface area contributed by atoms with Gasteiger partial charge in [-0.2, -0.15) is 0 Å². The van der Waals surface area contributed by atoms with Gasteiger partial charge in [-0.05, 0) is 36.4 Å². The van der Waals surface area contributed by atoms with E-state index < -0.39 is 23.9 Å². The lowest BCUT2D eigenvalue weighted by Gasteiger charge is -2.10. The van der Waals surface area contributed by atoms with E-state index in [-0.39, 0.29) is 44.8 Å². The van der Waals surface area contributed by atoms with Gasteiger partial charge in [-0.15, -0.1) is 0 Å². The standard InChI is InChI=1S/C20H12N2O8/c23-17(24)9-1-3-11(19(27)28)13(5-9)15-7-21-8-16(22-15)14-6-10(18(25)26)2-4-12(14)20(29)30/h1-8H,(H,23,24)(H,25,26)(H,27,28)(H,29,30). The summed E-state index contributed by atoms with van der Waals surface area (Å²) in [5.74, 6) is -5.21. The van der Waals surface area contributed by atoms with E-state index in [1.54, 1.807) is 0 Å². The number of carboxylic acids is 4. The summed E-state index contributed by atoms with van der Waals surface area (Å²) in [7, 11) is 0. The number of rotatable bonds is 6. The number of benzene rings is 2. The summed E-state index contributed by atoms with van der Waals surface area (Å²) in [5.41, 5.74) is -0.947. The minimum Gasteiger partial charge on any atom is -0.478 e. The highest BCUT2D eigenvalue weighted by Gasteiger charge is 2.19. The van der Waals surface area contributed by atoms with E-state index in [2.05, 4.69) is 9.97 Å². The van der Waals surface area contributed by atoms with Gasteiger partial charge >= 0.3 is 23.9 Å². The van der Waals surface area contributed by atoms with E-state index in [4.69, 9.17) is 0 Å². The van der Waals surface area contributed by atoms with Gasteiger partial charge in [0.05, 0.1) is 46.0 Å². The number of carbonyl (C=O) groups is 4. The molecule has 0 amide bonds. The Bertz CT molecular complexity index is 1130. The topological polar surface area (TPSA) is 175 Å². The Kier molecular flexibility index (Phi) is 5.23. The predicted molar refractivity (Wildman–Crippen MR) is 101 cm³/mol. The third-order valence-corrected chi connectivity index (χ3v) is 4.18. The molecule has 0 spiro atoms. The third kappa shape index (κ3) is 3.83. The van der Waals surface area contributed by atoms with Crippen LogP contribution >= 0.6 is 0 Å². The molecule has 3 rings (SSSR count). The van der Waals surface area contributed by atoms with Crippen molar-refractivity contribution in [2.75, 3.05) is 0 Å².